The Hall–Kier alpha value is -2.57. The maximum atomic E-state index is 12.5. The highest BCUT2D eigenvalue weighted by atomic mass is 19.4. The molecule has 0 unspecified atom stereocenters. The van der Waals surface area contributed by atoms with Crippen molar-refractivity contribution in [2.75, 3.05) is 24.3 Å². The van der Waals surface area contributed by atoms with Gasteiger partial charge in [0.15, 0.2) is 0 Å². The smallest absolute Gasteiger partial charge is 0.363 e. The molecule has 0 aliphatic carbocycles. The van der Waals surface area contributed by atoms with Crippen molar-refractivity contribution < 1.29 is 18.0 Å². The number of alkyl halides is 3. The number of aromatic nitrogens is 1. The average Bonchev–Trinajstić information content (AvgIpc) is 2.47. The van der Waals surface area contributed by atoms with Gasteiger partial charge in [-0.3, -0.25) is 4.79 Å². The molecule has 0 saturated carbocycles. The van der Waals surface area contributed by atoms with Crippen molar-refractivity contribution in [1.29, 1.82) is 0 Å². The fourth-order valence-electron chi connectivity index (χ4n) is 1.74. The van der Waals surface area contributed by atoms with E-state index >= 15 is 0 Å². The van der Waals surface area contributed by atoms with Crippen LogP contribution in [-0.4, -0.2) is 25.0 Å². The summed E-state index contributed by atoms with van der Waals surface area (Å²) >= 11 is 0. The van der Waals surface area contributed by atoms with Gasteiger partial charge in [-0.1, -0.05) is 0 Å². The van der Waals surface area contributed by atoms with Crippen molar-refractivity contribution in [1.82, 2.24) is 4.98 Å². The first-order valence-corrected chi connectivity index (χ1v) is 6.39. The van der Waals surface area contributed by atoms with Crippen LogP contribution in [0.2, 0.25) is 0 Å². The molecule has 0 radical (unpaired) electrons. The standard InChI is InChI=1S/C15H14F3N3O/c1-21(2)13-8-7-12(9-19-13)20-14(22)10-3-5-11(6-4-10)15(16,17)18/h3-9H,1-2H3,(H,20,22). The van der Waals surface area contributed by atoms with Crippen molar-refractivity contribution in [3.63, 3.8) is 0 Å². The fourth-order valence-corrected chi connectivity index (χ4v) is 1.74. The molecule has 0 aliphatic heterocycles. The Balaban J connectivity index is 2.09. The second kappa shape index (κ2) is 6.05. The number of carbonyl (C=O) groups excluding carboxylic acids is 1. The fraction of sp³-hybridized carbons (Fsp3) is 0.200. The van der Waals surface area contributed by atoms with Crippen LogP contribution in [0.4, 0.5) is 24.7 Å². The first-order valence-electron chi connectivity index (χ1n) is 6.39. The molecule has 0 bridgehead atoms. The molecule has 0 atom stereocenters. The van der Waals surface area contributed by atoms with Crippen molar-refractivity contribution in [2.45, 2.75) is 6.18 Å². The van der Waals surface area contributed by atoms with Gasteiger partial charge < -0.3 is 10.2 Å². The lowest BCUT2D eigenvalue weighted by atomic mass is 10.1. The van der Waals surface area contributed by atoms with Crippen LogP contribution in [0, 0.1) is 0 Å². The van der Waals surface area contributed by atoms with Crippen molar-refractivity contribution in [3.05, 3.63) is 53.7 Å². The van der Waals surface area contributed by atoms with Gasteiger partial charge in [0.25, 0.3) is 5.91 Å². The Morgan fingerprint density at radius 2 is 1.73 bits per heavy atom. The van der Waals surface area contributed by atoms with E-state index in [-0.39, 0.29) is 5.56 Å². The summed E-state index contributed by atoms with van der Waals surface area (Å²) < 4.78 is 37.4. The Bertz CT molecular complexity index is 649. The van der Waals surface area contributed by atoms with E-state index < -0.39 is 17.6 Å². The van der Waals surface area contributed by atoms with Crippen LogP contribution >= 0.6 is 0 Å². The maximum absolute atomic E-state index is 12.5. The van der Waals surface area contributed by atoms with Gasteiger partial charge in [-0.15, -0.1) is 0 Å². The van der Waals surface area contributed by atoms with E-state index in [4.69, 9.17) is 0 Å². The highest BCUT2D eigenvalue weighted by Gasteiger charge is 2.30. The van der Waals surface area contributed by atoms with Crippen molar-refractivity contribution in [3.8, 4) is 0 Å². The number of benzene rings is 1. The van der Waals surface area contributed by atoms with Gasteiger partial charge in [-0.05, 0) is 36.4 Å². The molecule has 0 saturated heterocycles. The van der Waals surface area contributed by atoms with Gasteiger partial charge in [-0.25, -0.2) is 4.98 Å². The minimum absolute atomic E-state index is 0.143. The van der Waals surface area contributed by atoms with Crippen molar-refractivity contribution in [2.24, 2.45) is 0 Å². The van der Waals surface area contributed by atoms with Crippen molar-refractivity contribution >= 4 is 17.4 Å². The van der Waals surface area contributed by atoms with Gasteiger partial charge in [-0.2, -0.15) is 13.2 Å². The zero-order valence-electron chi connectivity index (χ0n) is 12.0. The van der Waals surface area contributed by atoms with E-state index in [1.54, 1.807) is 12.1 Å². The first-order chi connectivity index (χ1) is 10.3. The molecule has 4 nitrogen and oxygen atoms in total. The zero-order valence-corrected chi connectivity index (χ0v) is 12.0. The molecule has 1 amide bonds. The minimum Gasteiger partial charge on any atom is -0.363 e. The number of nitrogens with zero attached hydrogens (tertiary/aromatic N) is 2. The third-order valence-electron chi connectivity index (χ3n) is 2.94. The molecule has 1 aromatic carbocycles. The van der Waals surface area contributed by atoms with E-state index in [1.165, 1.54) is 6.20 Å². The van der Waals surface area contributed by atoms with Crippen LogP contribution in [0.25, 0.3) is 0 Å². The molecule has 0 fully saturated rings. The lowest BCUT2D eigenvalue weighted by molar-refractivity contribution is -0.137. The molecule has 116 valence electrons. The average molecular weight is 309 g/mol. The highest BCUT2D eigenvalue weighted by Crippen LogP contribution is 2.29. The summed E-state index contributed by atoms with van der Waals surface area (Å²) in [6.45, 7) is 0. The van der Waals surface area contributed by atoms with Gasteiger partial charge in [0.1, 0.15) is 5.82 Å². The number of halogens is 3. The topological polar surface area (TPSA) is 45.2 Å². The third kappa shape index (κ3) is 3.75. The molecule has 0 spiro atoms. The Kier molecular flexibility index (Phi) is 4.35. The van der Waals surface area contributed by atoms with Crippen LogP contribution in [0.3, 0.4) is 0 Å². The number of anilines is 2. The summed E-state index contributed by atoms with van der Waals surface area (Å²) in [5, 5.41) is 2.58. The molecule has 2 rings (SSSR count). The summed E-state index contributed by atoms with van der Waals surface area (Å²) in [6, 6.07) is 7.43. The number of hydrogen-bond acceptors (Lipinski definition) is 3. The number of amides is 1. The highest BCUT2D eigenvalue weighted by molar-refractivity contribution is 6.04. The van der Waals surface area contributed by atoms with Crippen LogP contribution in [0.1, 0.15) is 15.9 Å². The lowest BCUT2D eigenvalue weighted by Gasteiger charge is -2.12. The summed E-state index contributed by atoms with van der Waals surface area (Å²) in [5.74, 6) is 0.237. The Labute approximate surface area is 125 Å². The van der Waals surface area contributed by atoms with Crippen LogP contribution in [0.15, 0.2) is 42.6 Å². The van der Waals surface area contributed by atoms with E-state index in [1.807, 2.05) is 19.0 Å². The minimum atomic E-state index is -4.42. The van der Waals surface area contributed by atoms with E-state index in [9.17, 15) is 18.0 Å². The SMILES string of the molecule is CN(C)c1ccc(NC(=O)c2ccc(C(F)(F)F)cc2)cn1. The molecule has 2 aromatic rings. The zero-order chi connectivity index (χ0) is 16.3. The third-order valence-corrected chi connectivity index (χ3v) is 2.94. The van der Waals surface area contributed by atoms with Crippen LogP contribution in [0.5, 0.6) is 0 Å². The number of carbonyl (C=O) groups is 1. The van der Waals surface area contributed by atoms with Crippen LogP contribution < -0.4 is 10.2 Å². The molecule has 1 aromatic heterocycles. The largest absolute Gasteiger partial charge is 0.416 e. The van der Waals surface area contributed by atoms with Gasteiger partial charge in [0.05, 0.1) is 17.4 Å². The molecular formula is C15H14F3N3O. The molecular weight excluding hydrogens is 295 g/mol. The molecule has 22 heavy (non-hydrogen) atoms. The maximum Gasteiger partial charge on any atom is 0.416 e. The van der Waals surface area contributed by atoms with Gasteiger partial charge in [0.2, 0.25) is 0 Å². The van der Waals surface area contributed by atoms with Crippen LogP contribution in [-0.2, 0) is 6.18 Å². The lowest BCUT2D eigenvalue weighted by Crippen LogP contribution is -2.14. The summed E-state index contributed by atoms with van der Waals surface area (Å²) in [7, 11) is 3.67. The quantitative estimate of drug-likeness (QED) is 0.945. The van der Waals surface area contributed by atoms with Gasteiger partial charge in [0, 0.05) is 19.7 Å². The number of pyridine rings is 1. The number of rotatable bonds is 3. The van der Waals surface area contributed by atoms with Gasteiger partial charge >= 0.3 is 6.18 Å². The summed E-state index contributed by atoms with van der Waals surface area (Å²) in [6.07, 6.45) is -2.93. The Morgan fingerprint density at radius 3 is 2.18 bits per heavy atom. The molecule has 1 heterocycles. The second-order valence-corrected chi connectivity index (χ2v) is 4.83. The summed E-state index contributed by atoms with van der Waals surface area (Å²) in [4.78, 5) is 17.9. The summed E-state index contributed by atoms with van der Waals surface area (Å²) in [5.41, 5.74) is -0.179. The molecule has 0 aliphatic rings. The number of nitrogens with one attached hydrogen (secondary N) is 1. The predicted octanol–water partition coefficient (Wildman–Crippen LogP) is 3.42. The Morgan fingerprint density at radius 1 is 1.09 bits per heavy atom. The number of hydrogen-bond donors (Lipinski definition) is 1. The normalized spacial score (nSPS) is 11.1. The predicted molar refractivity (Wildman–Crippen MR) is 78.0 cm³/mol. The first kappa shape index (κ1) is 15.8. The monoisotopic (exact) mass is 309 g/mol. The molecule has 7 heteroatoms. The van der Waals surface area contributed by atoms with E-state index in [0.717, 1.165) is 30.1 Å². The second-order valence-electron chi connectivity index (χ2n) is 4.83. The van der Waals surface area contributed by atoms with E-state index in [0.29, 0.717) is 5.69 Å². The van der Waals surface area contributed by atoms with E-state index in [2.05, 4.69) is 10.3 Å². The molecule has 1 N–H and O–H groups in total.